The zero-order valence-corrected chi connectivity index (χ0v) is 14.2. The number of rotatable bonds is 6. The molecule has 0 unspecified atom stereocenters. The van der Waals surface area contributed by atoms with Gasteiger partial charge < -0.3 is 10.2 Å². The van der Waals surface area contributed by atoms with Crippen molar-refractivity contribution in [2.24, 2.45) is 0 Å². The number of hydrogen-bond acceptors (Lipinski definition) is 3. The van der Waals surface area contributed by atoms with Crippen LogP contribution in [0.2, 0.25) is 0 Å². The second kappa shape index (κ2) is 7.54. The van der Waals surface area contributed by atoms with Gasteiger partial charge in [-0.2, -0.15) is 0 Å². The smallest absolute Gasteiger partial charge is 0.326 e. The molecule has 1 N–H and O–H groups in total. The van der Waals surface area contributed by atoms with Crippen LogP contribution in [0.15, 0.2) is 22.7 Å². The lowest BCUT2D eigenvalue weighted by Crippen LogP contribution is -2.33. The zero-order chi connectivity index (χ0) is 17.0. The van der Waals surface area contributed by atoms with Crippen LogP contribution in [0.25, 0.3) is 0 Å². The highest BCUT2D eigenvalue weighted by molar-refractivity contribution is 9.10. The fourth-order valence-corrected chi connectivity index (χ4v) is 2.66. The van der Waals surface area contributed by atoms with E-state index in [9.17, 15) is 18.8 Å². The molecule has 0 atom stereocenters. The van der Waals surface area contributed by atoms with Crippen LogP contribution in [-0.4, -0.2) is 47.8 Å². The van der Waals surface area contributed by atoms with Gasteiger partial charge in [0.1, 0.15) is 12.4 Å². The van der Waals surface area contributed by atoms with E-state index in [1.54, 1.807) is 19.2 Å². The molecule has 6 nitrogen and oxygen atoms in total. The summed E-state index contributed by atoms with van der Waals surface area (Å²) < 4.78 is 14.3. The average molecular weight is 386 g/mol. The van der Waals surface area contributed by atoms with E-state index in [0.717, 1.165) is 9.37 Å². The molecule has 1 aliphatic heterocycles. The molecule has 8 heteroatoms. The van der Waals surface area contributed by atoms with Crippen molar-refractivity contribution in [1.82, 2.24) is 15.1 Å². The van der Waals surface area contributed by atoms with Gasteiger partial charge >= 0.3 is 6.03 Å². The summed E-state index contributed by atoms with van der Waals surface area (Å²) in [7, 11) is 1.56. The van der Waals surface area contributed by atoms with E-state index in [1.165, 1.54) is 11.0 Å². The van der Waals surface area contributed by atoms with Crippen LogP contribution < -0.4 is 5.32 Å². The SMILES string of the molecule is CN1CC(=O)N(CCCC(=O)NCc2cc(Br)ccc2F)C1=O. The standard InChI is InChI=1S/C15H17BrFN3O3/c1-19-9-14(22)20(15(19)23)6-2-3-13(21)18-8-10-7-11(16)4-5-12(10)17/h4-5,7H,2-3,6,8-9H2,1H3,(H,18,21). The van der Waals surface area contributed by atoms with Gasteiger partial charge in [-0.05, 0) is 24.6 Å². The van der Waals surface area contributed by atoms with Crippen molar-refractivity contribution in [3.05, 3.63) is 34.1 Å². The lowest BCUT2D eigenvalue weighted by molar-refractivity contribution is -0.126. The van der Waals surface area contributed by atoms with Gasteiger partial charge in [0.2, 0.25) is 11.8 Å². The summed E-state index contributed by atoms with van der Waals surface area (Å²) in [5.74, 6) is -0.893. The summed E-state index contributed by atoms with van der Waals surface area (Å²) in [4.78, 5) is 37.5. The third-order valence-electron chi connectivity index (χ3n) is 3.50. The monoisotopic (exact) mass is 385 g/mol. The van der Waals surface area contributed by atoms with E-state index >= 15 is 0 Å². The first-order valence-electron chi connectivity index (χ1n) is 7.14. The first-order chi connectivity index (χ1) is 10.9. The minimum Gasteiger partial charge on any atom is -0.352 e. The van der Waals surface area contributed by atoms with E-state index in [2.05, 4.69) is 21.2 Å². The van der Waals surface area contributed by atoms with Gasteiger partial charge in [-0.25, -0.2) is 9.18 Å². The molecule has 0 radical (unpaired) electrons. The maximum Gasteiger partial charge on any atom is 0.326 e. The molecule has 2 rings (SSSR count). The normalized spacial score (nSPS) is 14.6. The highest BCUT2D eigenvalue weighted by Crippen LogP contribution is 2.15. The molecular weight excluding hydrogens is 369 g/mol. The third kappa shape index (κ3) is 4.51. The largest absolute Gasteiger partial charge is 0.352 e. The first-order valence-corrected chi connectivity index (χ1v) is 7.94. The Morgan fingerprint density at radius 2 is 2.13 bits per heavy atom. The summed E-state index contributed by atoms with van der Waals surface area (Å²) in [5, 5.41) is 2.63. The Kier molecular flexibility index (Phi) is 5.70. The minimum absolute atomic E-state index is 0.0766. The summed E-state index contributed by atoms with van der Waals surface area (Å²) >= 11 is 3.25. The Morgan fingerprint density at radius 1 is 1.39 bits per heavy atom. The quantitative estimate of drug-likeness (QED) is 0.760. The van der Waals surface area contributed by atoms with Gasteiger partial charge in [-0.15, -0.1) is 0 Å². The fourth-order valence-electron chi connectivity index (χ4n) is 2.25. The van der Waals surface area contributed by atoms with E-state index < -0.39 is 0 Å². The first kappa shape index (κ1) is 17.4. The van der Waals surface area contributed by atoms with Crippen LogP contribution in [0.3, 0.4) is 0 Å². The van der Waals surface area contributed by atoms with E-state index in [4.69, 9.17) is 0 Å². The minimum atomic E-state index is -0.384. The molecule has 1 aliphatic rings. The molecule has 0 aliphatic carbocycles. The van der Waals surface area contributed by atoms with Crippen molar-refractivity contribution < 1.29 is 18.8 Å². The Labute approximate surface area is 141 Å². The van der Waals surface area contributed by atoms with Crippen LogP contribution in [0.5, 0.6) is 0 Å². The highest BCUT2D eigenvalue weighted by Gasteiger charge is 2.32. The molecule has 0 bridgehead atoms. The van der Waals surface area contributed by atoms with E-state index in [1.807, 2.05) is 0 Å². The van der Waals surface area contributed by atoms with Crippen molar-refractivity contribution >= 4 is 33.8 Å². The number of hydrogen-bond donors (Lipinski definition) is 1. The number of halogens is 2. The van der Waals surface area contributed by atoms with Gasteiger partial charge in [0.25, 0.3) is 0 Å². The number of urea groups is 1. The van der Waals surface area contributed by atoms with E-state index in [0.29, 0.717) is 12.0 Å². The molecule has 1 aromatic carbocycles. The van der Waals surface area contributed by atoms with Crippen LogP contribution in [0.1, 0.15) is 18.4 Å². The maximum absolute atomic E-state index is 13.5. The molecule has 1 saturated heterocycles. The topological polar surface area (TPSA) is 69.7 Å². The summed E-state index contributed by atoms with van der Waals surface area (Å²) in [6.45, 7) is 0.377. The molecule has 1 aromatic rings. The predicted molar refractivity (Wildman–Crippen MR) is 84.9 cm³/mol. The van der Waals surface area contributed by atoms with Gasteiger partial charge in [0, 0.05) is 36.6 Å². The maximum atomic E-state index is 13.5. The predicted octanol–water partition coefficient (Wildman–Crippen LogP) is 1.88. The molecule has 124 valence electrons. The van der Waals surface area contributed by atoms with Crippen molar-refractivity contribution in [1.29, 1.82) is 0 Å². The van der Waals surface area contributed by atoms with Crippen LogP contribution in [-0.2, 0) is 16.1 Å². The number of nitrogens with one attached hydrogen (secondary N) is 1. The number of likely N-dealkylation sites (N-methyl/N-ethyl adjacent to an activating group) is 1. The highest BCUT2D eigenvalue weighted by atomic mass is 79.9. The lowest BCUT2D eigenvalue weighted by atomic mass is 10.2. The van der Waals surface area contributed by atoms with Gasteiger partial charge in [-0.1, -0.05) is 15.9 Å². The Bertz CT molecular complexity index is 638. The average Bonchev–Trinajstić information content (AvgIpc) is 2.74. The number of nitrogens with zero attached hydrogens (tertiary/aromatic N) is 2. The molecule has 0 spiro atoms. The third-order valence-corrected chi connectivity index (χ3v) is 3.99. The Balaban J connectivity index is 1.74. The van der Waals surface area contributed by atoms with Crippen LogP contribution >= 0.6 is 15.9 Å². The van der Waals surface area contributed by atoms with Crippen molar-refractivity contribution in [2.45, 2.75) is 19.4 Å². The Morgan fingerprint density at radius 3 is 2.78 bits per heavy atom. The summed E-state index contributed by atoms with van der Waals surface area (Å²) in [6, 6.07) is 4.17. The van der Waals surface area contributed by atoms with E-state index in [-0.39, 0.29) is 49.7 Å². The molecule has 1 fully saturated rings. The fraction of sp³-hybridized carbons (Fsp3) is 0.400. The molecule has 0 aromatic heterocycles. The number of amides is 4. The second-order valence-electron chi connectivity index (χ2n) is 5.30. The van der Waals surface area contributed by atoms with Crippen molar-refractivity contribution in [2.75, 3.05) is 20.1 Å². The molecular formula is C15H17BrFN3O3. The van der Waals surface area contributed by atoms with Gasteiger partial charge in [-0.3, -0.25) is 14.5 Å². The van der Waals surface area contributed by atoms with Gasteiger partial charge in [0.05, 0.1) is 0 Å². The van der Waals surface area contributed by atoms with Crippen LogP contribution in [0.4, 0.5) is 9.18 Å². The zero-order valence-electron chi connectivity index (χ0n) is 12.6. The number of carbonyl (C=O) groups excluding carboxylic acids is 3. The molecule has 0 saturated carbocycles. The van der Waals surface area contributed by atoms with Crippen LogP contribution in [0, 0.1) is 5.82 Å². The molecule has 23 heavy (non-hydrogen) atoms. The lowest BCUT2D eigenvalue weighted by Gasteiger charge is -2.13. The summed E-state index contributed by atoms with van der Waals surface area (Å²) in [6.07, 6.45) is 0.536. The number of benzene rings is 1. The number of imide groups is 1. The van der Waals surface area contributed by atoms with Crippen molar-refractivity contribution in [3.63, 3.8) is 0 Å². The molecule has 1 heterocycles. The number of carbonyl (C=O) groups is 3. The molecule has 4 amide bonds. The van der Waals surface area contributed by atoms with Crippen molar-refractivity contribution in [3.8, 4) is 0 Å². The van der Waals surface area contributed by atoms with Gasteiger partial charge in [0.15, 0.2) is 0 Å². The Hall–Kier alpha value is -1.96. The second-order valence-corrected chi connectivity index (χ2v) is 6.22. The summed E-state index contributed by atoms with van der Waals surface area (Å²) in [5.41, 5.74) is 0.388.